The molecule has 5 aliphatic rings. The van der Waals surface area contributed by atoms with Crippen molar-refractivity contribution < 1.29 is 46.8 Å². The van der Waals surface area contributed by atoms with Gasteiger partial charge < -0.3 is 39.4 Å². The molecule has 312 valence electrons. The zero-order valence-corrected chi connectivity index (χ0v) is 34.3. The minimum atomic E-state index is -4.43. The number of alkyl carbamates (subject to hydrolysis) is 1. The Kier molecular flexibility index (Phi) is 11.4. The van der Waals surface area contributed by atoms with Crippen molar-refractivity contribution >= 4 is 30.3 Å². The number of aromatic nitrogens is 1. The van der Waals surface area contributed by atoms with Crippen LogP contribution in [-0.2, 0) is 20.3 Å². The monoisotopic (exact) mass is 822 g/mol. The summed E-state index contributed by atoms with van der Waals surface area (Å²) in [7, 11) is -2.83. The highest BCUT2D eigenvalue weighted by Gasteiger charge is 2.66. The first kappa shape index (κ1) is 40.4. The summed E-state index contributed by atoms with van der Waals surface area (Å²) in [6.45, 7) is 4.45. The first-order valence-electron chi connectivity index (χ1n) is 20.7. The molecule has 12 nitrogen and oxygen atoms in total. The van der Waals surface area contributed by atoms with Crippen LogP contribution in [-0.4, -0.2) is 76.6 Å². The molecular formula is C43H53F2N4O8P. The average Bonchev–Trinajstić information content (AvgIpc) is 3.53. The number of nitrogens with zero attached hydrogens (tertiary/aromatic N) is 2. The van der Waals surface area contributed by atoms with E-state index in [0.717, 1.165) is 85.7 Å². The van der Waals surface area contributed by atoms with Gasteiger partial charge in [-0.3, -0.25) is 9.36 Å². The molecule has 3 N–H and O–H groups in total. The lowest BCUT2D eigenvalue weighted by Gasteiger charge is -2.34. The molecule has 3 aliphatic carbocycles. The van der Waals surface area contributed by atoms with E-state index in [-0.39, 0.29) is 31.4 Å². The van der Waals surface area contributed by atoms with Gasteiger partial charge in [0.05, 0.1) is 38.0 Å². The summed E-state index contributed by atoms with van der Waals surface area (Å²) in [6.07, 6.45) is 6.47. The van der Waals surface area contributed by atoms with Gasteiger partial charge in [-0.05, 0) is 114 Å². The van der Waals surface area contributed by atoms with Gasteiger partial charge >= 0.3 is 6.09 Å². The van der Waals surface area contributed by atoms with Crippen LogP contribution in [0, 0.1) is 24.5 Å². The molecule has 2 amide bonds. The molecule has 58 heavy (non-hydrogen) atoms. The number of hydrogen-bond acceptors (Lipinski definition) is 9. The number of fused-ring (bicyclic) bond motifs is 4. The number of nitrogens with one attached hydrogen (secondary N) is 2. The maximum Gasteiger partial charge on any atom is 0.407 e. The molecule has 0 bridgehead atoms. The van der Waals surface area contributed by atoms with Crippen molar-refractivity contribution in [3.05, 3.63) is 70.4 Å². The Balaban J connectivity index is 1.14. The molecule has 0 radical (unpaired) electrons. The van der Waals surface area contributed by atoms with Crippen molar-refractivity contribution in [2.24, 2.45) is 5.92 Å². The number of ether oxygens (including phenoxy) is 4. The molecule has 3 heterocycles. The molecule has 2 unspecified atom stereocenters. The van der Waals surface area contributed by atoms with Gasteiger partial charge in [0.15, 0.2) is 0 Å². The first-order valence-corrected chi connectivity index (χ1v) is 22.6. The van der Waals surface area contributed by atoms with Crippen molar-refractivity contribution in [3.8, 4) is 17.4 Å². The van der Waals surface area contributed by atoms with Crippen LogP contribution in [0.4, 0.5) is 13.6 Å². The van der Waals surface area contributed by atoms with Gasteiger partial charge in [-0.2, -0.15) is 0 Å². The normalized spacial score (nSPS) is 27.1. The second-order valence-corrected chi connectivity index (χ2v) is 19.0. The molecule has 2 saturated carbocycles. The van der Waals surface area contributed by atoms with Crippen LogP contribution in [0.25, 0.3) is 10.9 Å². The largest absolute Gasteiger partial charge is 0.496 e. The van der Waals surface area contributed by atoms with Gasteiger partial charge in [0.2, 0.25) is 19.2 Å². The Morgan fingerprint density at radius 1 is 1.05 bits per heavy atom. The van der Waals surface area contributed by atoms with Crippen LogP contribution < -0.4 is 24.8 Å². The molecule has 15 heteroatoms. The molecule has 3 fully saturated rings. The number of carbonyl (C=O) groups excluding carboxylic acids is 2. The van der Waals surface area contributed by atoms with E-state index >= 15 is 0 Å². The van der Waals surface area contributed by atoms with Gasteiger partial charge in [0, 0.05) is 34.7 Å². The van der Waals surface area contributed by atoms with E-state index in [2.05, 4.69) is 10.6 Å². The van der Waals surface area contributed by atoms with Crippen LogP contribution >= 0.6 is 7.37 Å². The van der Waals surface area contributed by atoms with E-state index in [1.165, 1.54) is 6.07 Å². The van der Waals surface area contributed by atoms with Crippen molar-refractivity contribution in [2.45, 2.75) is 127 Å². The van der Waals surface area contributed by atoms with Crippen LogP contribution in [0.15, 0.2) is 47.7 Å². The Morgan fingerprint density at radius 2 is 1.81 bits per heavy atom. The van der Waals surface area contributed by atoms with Gasteiger partial charge in [0.1, 0.15) is 46.7 Å². The highest BCUT2D eigenvalue weighted by molar-refractivity contribution is 7.59. The average molecular weight is 823 g/mol. The number of pyridine rings is 1. The number of methoxy groups -OCH3 is 1. The highest BCUT2D eigenvalue weighted by Crippen LogP contribution is 2.72. The second kappa shape index (κ2) is 16.3. The summed E-state index contributed by atoms with van der Waals surface area (Å²) in [5, 5.41) is 5.36. The molecular weight excluding hydrogens is 769 g/mol. The zero-order valence-electron chi connectivity index (χ0n) is 33.4. The molecule has 3 aromatic rings. The molecule has 1 aromatic heterocycles. The summed E-state index contributed by atoms with van der Waals surface area (Å²) in [5.41, 5.74) is 3.01. The third-order valence-electron chi connectivity index (χ3n) is 12.9. The zero-order chi connectivity index (χ0) is 40.8. The summed E-state index contributed by atoms with van der Waals surface area (Å²) in [6, 6.07) is 7.56. The molecule has 0 spiro atoms. The molecule has 2 aromatic carbocycles. The first-order chi connectivity index (χ1) is 27.9. The Bertz CT molecular complexity index is 2140. The van der Waals surface area contributed by atoms with E-state index in [1.54, 1.807) is 13.2 Å². The minimum Gasteiger partial charge on any atom is -0.496 e. The van der Waals surface area contributed by atoms with Gasteiger partial charge in [-0.25, -0.2) is 18.6 Å². The number of allylic oxidation sites excluding steroid dienone is 1. The summed E-state index contributed by atoms with van der Waals surface area (Å²) >= 11 is 0. The standard InChI is InChI=1S/C43H53F2N4O8P/c1-4-55-38-21-37(30-17-19-36(54-3)25(2)39(30)47-38)56-29-20-35-41(50)48-43(58(52,53)24-31-32(44)14-9-15-33(31)45)22-27(43)11-6-5-10-26-16-18-34(40(26)49(35)23-29)46-42(51)57-28-12-7-8-13-28/h9,14-15,17,19,21,27-29,34-35H,4-8,10-13,16,18,20,22-24H2,1-3H3,(H,46,51)(H,48,50)(H,52,53)/t27-,29?,34+,35+,43+/m1/s1. The van der Waals surface area contributed by atoms with Gasteiger partial charge in [-0.15, -0.1) is 0 Å². The molecule has 2 aliphatic heterocycles. The van der Waals surface area contributed by atoms with Crippen LogP contribution in [0.5, 0.6) is 17.4 Å². The predicted molar refractivity (Wildman–Crippen MR) is 213 cm³/mol. The fourth-order valence-corrected chi connectivity index (χ4v) is 12.3. The lowest BCUT2D eigenvalue weighted by atomic mass is 10.0. The number of amides is 2. The third kappa shape index (κ3) is 7.74. The smallest absolute Gasteiger partial charge is 0.407 e. The SMILES string of the molecule is CCOc1cc(OC2C[C@H]3C(=O)N[C@]4(P(=O)(O)Cc5c(F)cccc5F)C[C@H]4CCCCC4=C([C@@H](NC(=O)OC5CCCC5)CC4)N3C2)c2ccc(OC)c(C)c2n1. The van der Waals surface area contributed by atoms with Crippen LogP contribution in [0.3, 0.4) is 0 Å². The lowest BCUT2D eigenvalue weighted by Crippen LogP contribution is -2.51. The lowest BCUT2D eigenvalue weighted by molar-refractivity contribution is -0.125. The number of benzene rings is 2. The van der Waals surface area contributed by atoms with E-state index in [9.17, 15) is 27.8 Å². The minimum absolute atomic E-state index is 0.121. The van der Waals surface area contributed by atoms with E-state index in [0.29, 0.717) is 42.3 Å². The maximum absolute atomic E-state index is 14.9. The summed E-state index contributed by atoms with van der Waals surface area (Å²) < 4.78 is 68.2. The summed E-state index contributed by atoms with van der Waals surface area (Å²) in [5.74, 6) is -1.05. The maximum atomic E-state index is 14.9. The van der Waals surface area contributed by atoms with Crippen LogP contribution in [0.1, 0.15) is 95.1 Å². The van der Waals surface area contributed by atoms with E-state index in [4.69, 9.17) is 23.9 Å². The number of halogens is 2. The molecule has 1 saturated heterocycles. The quantitative estimate of drug-likeness (QED) is 0.172. The van der Waals surface area contributed by atoms with Crippen molar-refractivity contribution in [3.63, 3.8) is 0 Å². The van der Waals surface area contributed by atoms with Gasteiger partial charge in [-0.1, -0.05) is 12.5 Å². The molecule has 6 atom stereocenters. The number of aryl methyl sites for hydroxylation is 1. The number of carbonyl (C=O) groups is 2. The van der Waals surface area contributed by atoms with E-state index in [1.807, 2.05) is 30.9 Å². The van der Waals surface area contributed by atoms with E-state index < -0.39 is 66.2 Å². The topological polar surface area (TPSA) is 149 Å². The predicted octanol–water partition coefficient (Wildman–Crippen LogP) is 8.01. The summed E-state index contributed by atoms with van der Waals surface area (Å²) in [4.78, 5) is 46.7. The fraction of sp³-hybridized carbons (Fsp3) is 0.558. The third-order valence-corrected chi connectivity index (χ3v) is 15.5. The highest BCUT2D eigenvalue weighted by atomic mass is 31.2. The van der Waals surface area contributed by atoms with Gasteiger partial charge in [0.25, 0.3) is 0 Å². The number of rotatable bonds is 10. The Labute approximate surface area is 337 Å². The van der Waals surface area contributed by atoms with Crippen molar-refractivity contribution in [2.75, 3.05) is 20.3 Å². The number of hydrogen-bond donors (Lipinski definition) is 3. The molecule has 8 rings (SSSR count). The Hall–Kier alpha value is -4.42. The second-order valence-electron chi connectivity index (χ2n) is 16.5. The Morgan fingerprint density at radius 3 is 2.55 bits per heavy atom. The fourth-order valence-electron chi connectivity index (χ4n) is 9.83. The van der Waals surface area contributed by atoms with Crippen LogP contribution in [0.2, 0.25) is 0 Å². The van der Waals surface area contributed by atoms with Crippen molar-refractivity contribution in [1.82, 2.24) is 20.5 Å². The van der Waals surface area contributed by atoms with Crippen molar-refractivity contribution in [1.29, 1.82) is 0 Å².